The van der Waals surface area contributed by atoms with Crippen LogP contribution >= 0.6 is 23.4 Å². The van der Waals surface area contributed by atoms with Gasteiger partial charge in [-0.3, -0.25) is 4.79 Å². The highest BCUT2D eigenvalue weighted by molar-refractivity contribution is 7.99. The molecule has 0 saturated carbocycles. The molecule has 0 aromatic heterocycles. The van der Waals surface area contributed by atoms with Crippen molar-refractivity contribution in [3.63, 3.8) is 0 Å². The van der Waals surface area contributed by atoms with Crippen molar-refractivity contribution in [2.24, 2.45) is 0 Å². The summed E-state index contributed by atoms with van der Waals surface area (Å²) in [5, 5.41) is 0.671. The molecular formula is C20H22ClNOS. The van der Waals surface area contributed by atoms with Gasteiger partial charge in [-0.2, -0.15) is 0 Å². The number of amides is 1. The molecule has 24 heavy (non-hydrogen) atoms. The molecule has 3 rings (SSSR count). The first-order chi connectivity index (χ1) is 11.4. The highest BCUT2D eigenvalue weighted by atomic mass is 35.5. The SMILES string of the molecule is CC(C)(C)c1ccc([C@@H]2SCCN2C(=O)c2cccc(Cl)c2)cc1. The van der Waals surface area contributed by atoms with Crippen LogP contribution in [0.3, 0.4) is 0 Å². The number of thioether (sulfide) groups is 1. The molecule has 1 fully saturated rings. The van der Waals surface area contributed by atoms with E-state index in [-0.39, 0.29) is 16.7 Å². The third-order valence-corrected chi connectivity index (χ3v) is 5.78. The third-order valence-electron chi connectivity index (χ3n) is 4.29. The van der Waals surface area contributed by atoms with Gasteiger partial charge in [-0.1, -0.05) is 62.7 Å². The molecular weight excluding hydrogens is 338 g/mol. The monoisotopic (exact) mass is 359 g/mol. The molecule has 1 aliphatic rings. The third kappa shape index (κ3) is 3.62. The van der Waals surface area contributed by atoms with Crippen LogP contribution in [0, 0.1) is 0 Å². The van der Waals surface area contributed by atoms with Crippen LogP contribution in [-0.2, 0) is 5.41 Å². The van der Waals surface area contributed by atoms with Crippen LogP contribution in [-0.4, -0.2) is 23.1 Å². The minimum absolute atomic E-state index is 0.0485. The number of rotatable bonds is 2. The Morgan fingerprint density at radius 1 is 1.17 bits per heavy atom. The van der Waals surface area contributed by atoms with E-state index < -0.39 is 0 Å². The van der Waals surface area contributed by atoms with Crippen molar-refractivity contribution >= 4 is 29.3 Å². The highest BCUT2D eigenvalue weighted by Crippen LogP contribution is 2.39. The molecule has 126 valence electrons. The Balaban J connectivity index is 1.84. The van der Waals surface area contributed by atoms with Gasteiger partial charge in [-0.05, 0) is 34.7 Å². The lowest BCUT2D eigenvalue weighted by Gasteiger charge is -2.25. The number of carbonyl (C=O) groups excluding carboxylic acids is 1. The van der Waals surface area contributed by atoms with Crippen molar-refractivity contribution in [3.8, 4) is 0 Å². The van der Waals surface area contributed by atoms with Crippen LogP contribution in [0.15, 0.2) is 48.5 Å². The van der Waals surface area contributed by atoms with E-state index in [1.54, 1.807) is 12.1 Å². The van der Waals surface area contributed by atoms with Crippen LogP contribution in [0.1, 0.15) is 47.6 Å². The van der Waals surface area contributed by atoms with Gasteiger partial charge < -0.3 is 4.90 Å². The van der Waals surface area contributed by atoms with Crippen molar-refractivity contribution in [2.75, 3.05) is 12.3 Å². The Morgan fingerprint density at radius 3 is 2.50 bits per heavy atom. The summed E-state index contributed by atoms with van der Waals surface area (Å²) in [5.41, 5.74) is 3.28. The number of hydrogen-bond acceptors (Lipinski definition) is 2. The number of hydrogen-bond donors (Lipinski definition) is 0. The van der Waals surface area contributed by atoms with E-state index in [1.807, 2.05) is 28.8 Å². The predicted octanol–water partition coefficient (Wildman–Crippen LogP) is 5.53. The molecule has 0 bridgehead atoms. The van der Waals surface area contributed by atoms with Gasteiger partial charge in [0.05, 0.1) is 0 Å². The van der Waals surface area contributed by atoms with E-state index in [9.17, 15) is 4.79 Å². The summed E-state index contributed by atoms with van der Waals surface area (Å²) in [6.07, 6.45) is 0. The van der Waals surface area contributed by atoms with Crippen molar-refractivity contribution in [2.45, 2.75) is 31.6 Å². The van der Waals surface area contributed by atoms with Gasteiger partial charge in [0, 0.05) is 22.9 Å². The Morgan fingerprint density at radius 2 is 1.88 bits per heavy atom. The molecule has 4 heteroatoms. The van der Waals surface area contributed by atoms with Gasteiger partial charge in [-0.15, -0.1) is 11.8 Å². The Bertz CT molecular complexity index is 736. The first kappa shape index (κ1) is 17.4. The summed E-state index contributed by atoms with van der Waals surface area (Å²) in [6, 6.07) is 15.9. The second-order valence-corrected chi connectivity index (χ2v) is 8.73. The fourth-order valence-corrected chi connectivity index (χ4v) is 4.34. The topological polar surface area (TPSA) is 20.3 Å². The maximum Gasteiger partial charge on any atom is 0.255 e. The minimum atomic E-state index is 0.0485. The van der Waals surface area contributed by atoms with E-state index in [4.69, 9.17) is 11.6 Å². The first-order valence-corrected chi connectivity index (χ1v) is 9.57. The van der Waals surface area contributed by atoms with Crippen LogP contribution in [0.4, 0.5) is 0 Å². The molecule has 0 unspecified atom stereocenters. The van der Waals surface area contributed by atoms with Gasteiger partial charge in [-0.25, -0.2) is 0 Å². The van der Waals surface area contributed by atoms with Gasteiger partial charge in [0.2, 0.25) is 0 Å². The van der Waals surface area contributed by atoms with E-state index in [2.05, 4.69) is 45.0 Å². The lowest BCUT2D eigenvalue weighted by molar-refractivity contribution is 0.0760. The standard InChI is InChI=1S/C20H22ClNOS/c1-20(2,3)16-9-7-14(8-10-16)19-22(11-12-24-19)18(23)15-5-4-6-17(21)13-15/h4-10,13,19H,11-12H2,1-3H3/t19-/m0/s1. The maximum absolute atomic E-state index is 12.9. The second-order valence-electron chi connectivity index (χ2n) is 7.10. The van der Waals surface area contributed by atoms with Crippen molar-refractivity contribution in [1.82, 2.24) is 4.90 Å². The van der Waals surface area contributed by atoms with E-state index in [0.717, 1.165) is 12.3 Å². The molecule has 0 aliphatic carbocycles. The zero-order chi connectivity index (χ0) is 17.3. The molecule has 1 aliphatic heterocycles. The fraction of sp³-hybridized carbons (Fsp3) is 0.350. The zero-order valence-corrected chi connectivity index (χ0v) is 15.8. The predicted molar refractivity (Wildman–Crippen MR) is 103 cm³/mol. The van der Waals surface area contributed by atoms with Crippen LogP contribution in [0.25, 0.3) is 0 Å². The summed E-state index contributed by atoms with van der Waals surface area (Å²) < 4.78 is 0. The van der Waals surface area contributed by atoms with Crippen LogP contribution in [0.5, 0.6) is 0 Å². The molecule has 2 nitrogen and oxygen atoms in total. The largest absolute Gasteiger partial charge is 0.322 e. The van der Waals surface area contributed by atoms with Gasteiger partial charge in [0.15, 0.2) is 0 Å². The second kappa shape index (κ2) is 6.81. The average molecular weight is 360 g/mol. The van der Waals surface area contributed by atoms with Gasteiger partial charge in [0.1, 0.15) is 5.37 Å². The van der Waals surface area contributed by atoms with E-state index in [0.29, 0.717) is 10.6 Å². The lowest BCUT2D eigenvalue weighted by atomic mass is 9.86. The van der Waals surface area contributed by atoms with Crippen molar-refractivity contribution < 1.29 is 4.79 Å². The Hall–Kier alpha value is -1.45. The molecule has 0 N–H and O–H groups in total. The summed E-state index contributed by atoms with van der Waals surface area (Å²) in [5.74, 6) is 1.00. The molecule has 1 amide bonds. The molecule has 2 aromatic carbocycles. The van der Waals surface area contributed by atoms with Crippen molar-refractivity contribution in [3.05, 3.63) is 70.2 Å². The average Bonchev–Trinajstić information content (AvgIpc) is 3.03. The quantitative estimate of drug-likeness (QED) is 0.703. The lowest BCUT2D eigenvalue weighted by Crippen LogP contribution is -2.30. The maximum atomic E-state index is 12.9. The van der Waals surface area contributed by atoms with Gasteiger partial charge in [0.25, 0.3) is 5.91 Å². The van der Waals surface area contributed by atoms with Gasteiger partial charge >= 0.3 is 0 Å². The molecule has 1 heterocycles. The molecule has 2 aromatic rings. The summed E-state index contributed by atoms with van der Waals surface area (Å²) >= 11 is 7.85. The van der Waals surface area contributed by atoms with Crippen molar-refractivity contribution in [1.29, 1.82) is 0 Å². The Kier molecular flexibility index (Phi) is 4.93. The Labute approximate surface area is 153 Å². The normalized spacial score (nSPS) is 18.0. The smallest absolute Gasteiger partial charge is 0.255 e. The summed E-state index contributed by atoms with van der Waals surface area (Å²) in [4.78, 5) is 14.8. The summed E-state index contributed by atoms with van der Waals surface area (Å²) in [6.45, 7) is 7.39. The fourth-order valence-electron chi connectivity index (χ4n) is 2.89. The summed E-state index contributed by atoms with van der Waals surface area (Å²) in [7, 11) is 0. The van der Waals surface area contributed by atoms with Crippen LogP contribution in [0.2, 0.25) is 5.02 Å². The molecule has 0 radical (unpaired) electrons. The zero-order valence-electron chi connectivity index (χ0n) is 14.3. The van der Waals surface area contributed by atoms with Crippen LogP contribution < -0.4 is 0 Å². The van der Waals surface area contributed by atoms with E-state index in [1.165, 1.54) is 11.1 Å². The molecule has 0 spiro atoms. The number of carbonyl (C=O) groups is 1. The first-order valence-electron chi connectivity index (χ1n) is 8.15. The molecule has 1 atom stereocenters. The molecule has 1 saturated heterocycles. The highest BCUT2D eigenvalue weighted by Gasteiger charge is 2.31. The van der Waals surface area contributed by atoms with E-state index >= 15 is 0 Å². The number of benzene rings is 2. The number of nitrogens with zero attached hydrogens (tertiary/aromatic N) is 1. The minimum Gasteiger partial charge on any atom is -0.322 e. The number of halogens is 1.